The number of halogens is 1. The molecule has 0 aliphatic carbocycles. The predicted molar refractivity (Wildman–Crippen MR) is 78.5 cm³/mol. The van der Waals surface area contributed by atoms with Crippen molar-refractivity contribution in [2.75, 3.05) is 20.2 Å². The van der Waals surface area contributed by atoms with E-state index in [0.29, 0.717) is 35.4 Å². The molecule has 3 heterocycles. The van der Waals surface area contributed by atoms with Gasteiger partial charge < -0.3 is 4.74 Å². The van der Waals surface area contributed by atoms with E-state index in [-0.39, 0.29) is 5.82 Å². The highest BCUT2D eigenvalue weighted by Crippen LogP contribution is 2.35. The fourth-order valence-corrected chi connectivity index (χ4v) is 3.32. The Morgan fingerprint density at radius 1 is 1.50 bits per heavy atom. The molecule has 2 fully saturated rings. The van der Waals surface area contributed by atoms with Gasteiger partial charge in [0.2, 0.25) is 0 Å². The fraction of sp³-hybridized carbons (Fsp3) is 0.643. The summed E-state index contributed by atoms with van der Waals surface area (Å²) < 4.78 is 18.9. The van der Waals surface area contributed by atoms with E-state index >= 15 is 0 Å². The van der Waals surface area contributed by atoms with Gasteiger partial charge in [0.15, 0.2) is 0 Å². The molecule has 0 spiro atoms. The van der Waals surface area contributed by atoms with Crippen molar-refractivity contribution >= 4 is 12.6 Å². The van der Waals surface area contributed by atoms with Crippen LogP contribution < -0.4 is 4.74 Å². The van der Waals surface area contributed by atoms with Crippen LogP contribution in [-0.2, 0) is 6.54 Å². The summed E-state index contributed by atoms with van der Waals surface area (Å²) in [6.45, 7) is 4.71. The maximum Gasteiger partial charge on any atom is 0.149 e. The van der Waals surface area contributed by atoms with Gasteiger partial charge in [0.05, 0.1) is 24.4 Å². The molecule has 110 valence electrons. The zero-order valence-corrected chi connectivity index (χ0v) is 12.7. The first-order valence-electron chi connectivity index (χ1n) is 6.94. The minimum atomic E-state index is -0.284. The number of likely N-dealkylation sites (tertiary alicyclic amines) is 2. The Hall–Kier alpha value is -0.850. The summed E-state index contributed by atoms with van der Waals surface area (Å²) in [5.74, 6) is 0.180. The third-order valence-electron chi connectivity index (χ3n) is 4.36. The average molecular weight is 297 g/mol. The number of thiol groups is 1. The second-order valence-corrected chi connectivity index (χ2v) is 6.35. The van der Waals surface area contributed by atoms with Crippen molar-refractivity contribution < 1.29 is 9.13 Å². The number of pyridine rings is 1. The largest absolute Gasteiger partial charge is 0.495 e. The van der Waals surface area contributed by atoms with E-state index in [1.54, 1.807) is 6.20 Å². The smallest absolute Gasteiger partial charge is 0.149 e. The predicted octanol–water partition coefficient (Wildman–Crippen LogP) is 1.76. The minimum Gasteiger partial charge on any atom is -0.495 e. The SMILES string of the molecule is COc1cnc(CN2C3CC2CN(C(C)S)C3)c(F)c1. The van der Waals surface area contributed by atoms with Gasteiger partial charge in [0, 0.05) is 37.8 Å². The second-order valence-electron chi connectivity index (χ2n) is 5.61. The summed E-state index contributed by atoms with van der Waals surface area (Å²) >= 11 is 4.49. The van der Waals surface area contributed by atoms with Crippen molar-refractivity contribution in [2.24, 2.45) is 0 Å². The van der Waals surface area contributed by atoms with Crippen LogP contribution in [0.1, 0.15) is 19.0 Å². The van der Waals surface area contributed by atoms with Crippen LogP contribution in [0.3, 0.4) is 0 Å². The third-order valence-corrected chi connectivity index (χ3v) is 4.69. The molecule has 0 N–H and O–H groups in total. The van der Waals surface area contributed by atoms with E-state index in [1.165, 1.54) is 19.6 Å². The van der Waals surface area contributed by atoms with E-state index in [9.17, 15) is 4.39 Å². The molecule has 2 aliphatic rings. The highest BCUT2D eigenvalue weighted by molar-refractivity contribution is 7.80. The lowest BCUT2D eigenvalue weighted by atomic mass is 9.87. The maximum atomic E-state index is 13.9. The van der Waals surface area contributed by atoms with E-state index in [4.69, 9.17) is 4.74 Å². The Kier molecular flexibility index (Phi) is 3.88. The van der Waals surface area contributed by atoms with Gasteiger partial charge >= 0.3 is 0 Å². The number of aromatic nitrogens is 1. The summed E-state index contributed by atoms with van der Waals surface area (Å²) in [6, 6.07) is 2.42. The lowest BCUT2D eigenvalue weighted by Crippen LogP contribution is -2.68. The molecule has 0 saturated carbocycles. The molecule has 2 saturated heterocycles. The molecule has 1 aromatic heterocycles. The highest BCUT2D eigenvalue weighted by atomic mass is 32.1. The molecule has 3 rings (SSSR count). The quantitative estimate of drug-likeness (QED) is 0.858. The topological polar surface area (TPSA) is 28.6 Å². The average Bonchev–Trinajstić information content (AvgIpc) is 2.45. The number of piperidine rings is 1. The number of nitrogens with zero attached hydrogens (tertiary/aromatic N) is 3. The van der Waals surface area contributed by atoms with Crippen LogP contribution in [-0.4, -0.2) is 52.4 Å². The van der Waals surface area contributed by atoms with E-state index in [1.807, 2.05) is 0 Å². The van der Waals surface area contributed by atoms with Gasteiger partial charge in [-0.1, -0.05) is 0 Å². The minimum absolute atomic E-state index is 0.284. The molecule has 20 heavy (non-hydrogen) atoms. The van der Waals surface area contributed by atoms with Crippen LogP contribution in [0.4, 0.5) is 4.39 Å². The van der Waals surface area contributed by atoms with Crippen LogP contribution in [0.2, 0.25) is 0 Å². The molecule has 0 aromatic carbocycles. The van der Waals surface area contributed by atoms with Gasteiger partial charge in [0.25, 0.3) is 0 Å². The van der Waals surface area contributed by atoms with Crippen LogP contribution in [0.15, 0.2) is 12.3 Å². The molecule has 4 nitrogen and oxygen atoms in total. The summed E-state index contributed by atoms with van der Waals surface area (Å²) in [5.41, 5.74) is 0.507. The van der Waals surface area contributed by atoms with E-state index in [2.05, 4.69) is 34.3 Å². The van der Waals surface area contributed by atoms with E-state index in [0.717, 1.165) is 13.1 Å². The standard InChI is InChI=1S/C14H20FN3OS/c1-9(20)17-6-10-3-11(7-17)18(10)8-14-13(15)4-12(19-2)5-16-14/h4-5,9-11,20H,3,6-8H2,1-2H3. The molecule has 3 unspecified atom stereocenters. The third kappa shape index (κ3) is 2.52. The van der Waals surface area contributed by atoms with Crippen molar-refractivity contribution in [3.05, 3.63) is 23.8 Å². The molecule has 2 aliphatic heterocycles. The van der Waals surface area contributed by atoms with Crippen molar-refractivity contribution in [3.8, 4) is 5.75 Å². The molecule has 0 amide bonds. The number of fused-ring (bicyclic) bond motifs is 2. The zero-order chi connectivity index (χ0) is 14.3. The van der Waals surface area contributed by atoms with E-state index < -0.39 is 0 Å². The van der Waals surface area contributed by atoms with Crippen molar-refractivity contribution in [1.29, 1.82) is 0 Å². The van der Waals surface area contributed by atoms with Crippen LogP contribution in [0.5, 0.6) is 5.75 Å². The zero-order valence-electron chi connectivity index (χ0n) is 11.8. The van der Waals surface area contributed by atoms with Gasteiger partial charge in [-0.05, 0) is 13.3 Å². The van der Waals surface area contributed by atoms with Crippen LogP contribution in [0.25, 0.3) is 0 Å². The lowest BCUT2D eigenvalue weighted by Gasteiger charge is -2.57. The molecular formula is C14H20FN3OS. The van der Waals surface area contributed by atoms with Crippen molar-refractivity contribution in [2.45, 2.75) is 37.3 Å². The van der Waals surface area contributed by atoms with Gasteiger partial charge in [-0.25, -0.2) is 4.39 Å². The number of ether oxygens (including phenoxy) is 1. The summed E-state index contributed by atoms with van der Waals surface area (Å²) in [6.07, 6.45) is 2.78. The highest BCUT2D eigenvalue weighted by Gasteiger charge is 2.45. The lowest BCUT2D eigenvalue weighted by molar-refractivity contribution is -0.0776. The van der Waals surface area contributed by atoms with Crippen LogP contribution >= 0.6 is 12.6 Å². The molecule has 1 aromatic rings. The molecule has 0 radical (unpaired) electrons. The second kappa shape index (κ2) is 5.50. The monoisotopic (exact) mass is 297 g/mol. The summed E-state index contributed by atoms with van der Waals surface area (Å²) in [5, 5.41) is 0.290. The number of piperazine rings is 1. The van der Waals surface area contributed by atoms with Gasteiger partial charge in [-0.15, -0.1) is 0 Å². The molecule has 6 heteroatoms. The first-order chi connectivity index (χ1) is 9.58. The Bertz CT molecular complexity index is 487. The van der Waals surface area contributed by atoms with Gasteiger partial charge in [-0.2, -0.15) is 12.6 Å². The van der Waals surface area contributed by atoms with Crippen molar-refractivity contribution in [1.82, 2.24) is 14.8 Å². The first kappa shape index (κ1) is 14.1. The summed E-state index contributed by atoms with van der Waals surface area (Å²) in [7, 11) is 1.52. The number of rotatable bonds is 4. The van der Waals surface area contributed by atoms with Gasteiger partial charge in [0.1, 0.15) is 11.6 Å². The number of hydrogen-bond donors (Lipinski definition) is 1. The molecule has 2 bridgehead atoms. The summed E-state index contributed by atoms with van der Waals surface area (Å²) in [4.78, 5) is 8.90. The Morgan fingerprint density at radius 3 is 2.75 bits per heavy atom. The molecule has 3 atom stereocenters. The number of hydrogen-bond acceptors (Lipinski definition) is 5. The normalized spacial score (nSPS) is 28.0. The van der Waals surface area contributed by atoms with Crippen LogP contribution in [0, 0.1) is 5.82 Å². The first-order valence-corrected chi connectivity index (χ1v) is 7.46. The maximum absolute atomic E-state index is 13.9. The van der Waals surface area contributed by atoms with Crippen molar-refractivity contribution in [3.63, 3.8) is 0 Å². The Balaban J connectivity index is 1.66. The Labute approximate surface area is 124 Å². The number of methoxy groups -OCH3 is 1. The molecular weight excluding hydrogens is 277 g/mol. The Morgan fingerprint density at radius 2 is 2.20 bits per heavy atom. The fourth-order valence-electron chi connectivity index (χ4n) is 3.13. The van der Waals surface area contributed by atoms with Gasteiger partial charge in [-0.3, -0.25) is 14.8 Å².